The summed E-state index contributed by atoms with van der Waals surface area (Å²) in [4.78, 5) is 45.7. The number of aliphatic hydroxyl groups is 1. The van der Waals surface area contributed by atoms with Gasteiger partial charge in [-0.15, -0.1) is 11.7 Å². The van der Waals surface area contributed by atoms with Crippen LogP contribution in [0.4, 0.5) is 0 Å². The highest BCUT2D eigenvalue weighted by Gasteiger charge is 2.80. The van der Waals surface area contributed by atoms with Gasteiger partial charge in [-0.2, -0.15) is 0 Å². The van der Waals surface area contributed by atoms with Crippen LogP contribution in [0.2, 0.25) is 0 Å². The van der Waals surface area contributed by atoms with Gasteiger partial charge in [-0.3, -0.25) is 14.4 Å². The summed E-state index contributed by atoms with van der Waals surface area (Å²) in [6.07, 6.45) is 2.54. The van der Waals surface area contributed by atoms with Crippen molar-refractivity contribution in [1.29, 1.82) is 0 Å². The van der Waals surface area contributed by atoms with E-state index >= 15 is 0 Å². The molecule has 41 heavy (non-hydrogen) atoms. The van der Waals surface area contributed by atoms with E-state index in [1.54, 1.807) is 22.6 Å². The van der Waals surface area contributed by atoms with Gasteiger partial charge in [-0.1, -0.05) is 44.2 Å². The molecule has 222 valence electrons. The molecule has 1 spiro atoms. The second-order valence-corrected chi connectivity index (χ2v) is 12.2. The van der Waals surface area contributed by atoms with Crippen LogP contribution in [0.25, 0.3) is 11.0 Å². The standard InChI is InChI=1S/C30H41N5O6/c1-7-13-33(17-34-22-12-10-9-11-21(22)31-32-34)27(38)25-30-15-19(5)29(6,41-30)24(28(39)40-8-2)23(30)26(37)35(25)20(16-36)14-18(3)4/h7,9-12,18-20,23-25,36H,1,8,13-17H2,2-6H3/t19?,20-,23+,24+,25?,29-,30?/m1/s1. The van der Waals surface area contributed by atoms with E-state index in [1.807, 2.05) is 52.0 Å². The van der Waals surface area contributed by atoms with E-state index in [4.69, 9.17) is 9.47 Å². The molecule has 2 bridgehead atoms. The monoisotopic (exact) mass is 567 g/mol. The first-order valence-electron chi connectivity index (χ1n) is 14.5. The van der Waals surface area contributed by atoms with Crippen molar-refractivity contribution in [2.45, 2.75) is 77.4 Å². The number of nitrogens with zero attached hydrogens (tertiary/aromatic N) is 5. The fourth-order valence-electron chi connectivity index (χ4n) is 7.49. The first kappa shape index (κ1) is 29.2. The number of esters is 1. The Morgan fingerprint density at radius 1 is 1.34 bits per heavy atom. The van der Waals surface area contributed by atoms with Crippen molar-refractivity contribution >= 4 is 28.8 Å². The summed E-state index contributed by atoms with van der Waals surface area (Å²) in [6, 6.07) is 5.81. The highest BCUT2D eigenvalue weighted by atomic mass is 16.6. The summed E-state index contributed by atoms with van der Waals surface area (Å²) in [5.74, 6) is -2.89. The van der Waals surface area contributed by atoms with Gasteiger partial charge in [-0.25, -0.2) is 4.68 Å². The number of likely N-dealkylation sites (tertiary alicyclic amines) is 1. The fraction of sp³-hybridized carbons (Fsp3) is 0.633. The number of rotatable bonds is 11. The second-order valence-electron chi connectivity index (χ2n) is 12.2. The third-order valence-electron chi connectivity index (χ3n) is 9.26. The van der Waals surface area contributed by atoms with E-state index in [9.17, 15) is 19.5 Å². The van der Waals surface area contributed by atoms with Crippen molar-refractivity contribution in [3.8, 4) is 0 Å². The molecule has 1 aromatic heterocycles. The van der Waals surface area contributed by atoms with Crippen LogP contribution >= 0.6 is 0 Å². The SMILES string of the molecule is C=CCN(Cn1nnc2ccccc21)C(=O)C1N([C@@H](CO)CC(C)C)C(=O)[C@@H]2[C@@H](C(=O)OCC)[C@]3(C)OC12CC3C. The Kier molecular flexibility index (Phi) is 7.71. The highest BCUT2D eigenvalue weighted by Crippen LogP contribution is 2.65. The normalized spacial score (nSPS) is 31.1. The van der Waals surface area contributed by atoms with E-state index in [2.05, 4.69) is 16.9 Å². The maximum atomic E-state index is 14.7. The number of carbonyl (C=O) groups excluding carboxylic acids is 3. The zero-order valence-electron chi connectivity index (χ0n) is 24.5. The largest absolute Gasteiger partial charge is 0.466 e. The maximum absolute atomic E-state index is 14.7. The van der Waals surface area contributed by atoms with Crippen molar-refractivity contribution in [1.82, 2.24) is 24.8 Å². The third-order valence-corrected chi connectivity index (χ3v) is 9.26. The minimum Gasteiger partial charge on any atom is -0.466 e. The first-order chi connectivity index (χ1) is 19.5. The van der Waals surface area contributed by atoms with Crippen LogP contribution in [0, 0.1) is 23.7 Å². The van der Waals surface area contributed by atoms with Gasteiger partial charge in [-0.05, 0) is 50.7 Å². The molecule has 7 atom stereocenters. The molecule has 3 aliphatic heterocycles. The lowest BCUT2D eigenvalue weighted by Gasteiger charge is -2.39. The molecule has 3 saturated heterocycles. The molecule has 11 heteroatoms. The third kappa shape index (κ3) is 4.44. The molecule has 1 aromatic carbocycles. The number of benzene rings is 1. The molecule has 3 unspecified atom stereocenters. The Morgan fingerprint density at radius 2 is 2.07 bits per heavy atom. The van der Waals surface area contributed by atoms with E-state index in [1.165, 1.54) is 4.90 Å². The lowest BCUT2D eigenvalue weighted by Crippen LogP contribution is -2.59. The Morgan fingerprint density at radius 3 is 2.73 bits per heavy atom. The minimum absolute atomic E-state index is 0.0761. The lowest BCUT2D eigenvalue weighted by atomic mass is 9.62. The number of fused-ring (bicyclic) bond motifs is 2. The van der Waals surface area contributed by atoms with Gasteiger partial charge in [0.2, 0.25) is 11.8 Å². The maximum Gasteiger partial charge on any atom is 0.312 e. The van der Waals surface area contributed by atoms with Crippen LogP contribution in [0.5, 0.6) is 0 Å². The van der Waals surface area contributed by atoms with Crippen molar-refractivity contribution in [2.24, 2.45) is 23.7 Å². The van der Waals surface area contributed by atoms with Gasteiger partial charge in [0.25, 0.3) is 0 Å². The molecule has 0 aliphatic carbocycles. The van der Waals surface area contributed by atoms with Crippen LogP contribution in [0.3, 0.4) is 0 Å². The number of hydrogen-bond donors (Lipinski definition) is 1. The van der Waals surface area contributed by atoms with Gasteiger partial charge in [0.15, 0.2) is 0 Å². The molecule has 2 aromatic rings. The second kappa shape index (κ2) is 10.8. The molecule has 5 rings (SSSR count). The summed E-state index contributed by atoms with van der Waals surface area (Å²) in [5, 5.41) is 19.0. The first-order valence-corrected chi connectivity index (χ1v) is 14.5. The summed E-state index contributed by atoms with van der Waals surface area (Å²) in [6.45, 7) is 13.6. The number of hydrogen-bond acceptors (Lipinski definition) is 8. The Hall–Kier alpha value is -3.31. The van der Waals surface area contributed by atoms with Gasteiger partial charge in [0.1, 0.15) is 29.7 Å². The zero-order valence-corrected chi connectivity index (χ0v) is 24.5. The number of aliphatic hydroxyl groups excluding tert-OH is 1. The number of aromatic nitrogens is 3. The number of amides is 2. The van der Waals surface area contributed by atoms with Crippen LogP contribution in [-0.2, 0) is 30.5 Å². The molecular weight excluding hydrogens is 526 g/mol. The average Bonchev–Trinajstić information content (AvgIpc) is 3.60. The van der Waals surface area contributed by atoms with Gasteiger partial charge < -0.3 is 24.4 Å². The quantitative estimate of drug-likeness (QED) is 0.324. The average molecular weight is 568 g/mol. The number of ether oxygens (including phenoxy) is 2. The highest BCUT2D eigenvalue weighted by molar-refractivity contribution is 5.98. The van der Waals surface area contributed by atoms with Crippen LogP contribution in [0.15, 0.2) is 36.9 Å². The predicted octanol–water partition coefficient (Wildman–Crippen LogP) is 2.38. The number of carbonyl (C=O) groups is 3. The van der Waals surface area contributed by atoms with Crippen molar-refractivity contribution in [3.63, 3.8) is 0 Å². The molecule has 11 nitrogen and oxygen atoms in total. The Balaban J connectivity index is 1.61. The van der Waals surface area contributed by atoms with Crippen LogP contribution in [0.1, 0.15) is 47.5 Å². The molecule has 3 fully saturated rings. The Bertz CT molecular complexity index is 1340. The van der Waals surface area contributed by atoms with Crippen molar-refractivity contribution in [2.75, 3.05) is 19.8 Å². The summed E-state index contributed by atoms with van der Waals surface area (Å²) >= 11 is 0. The zero-order chi connectivity index (χ0) is 29.7. The van der Waals surface area contributed by atoms with Gasteiger partial charge in [0, 0.05) is 6.54 Å². The van der Waals surface area contributed by atoms with Crippen molar-refractivity contribution < 1.29 is 29.0 Å². The van der Waals surface area contributed by atoms with E-state index in [0.29, 0.717) is 18.4 Å². The van der Waals surface area contributed by atoms with Gasteiger partial charge in [0.05, 0.1) is 36.3 Å². The van der Waals surface area contributed by atoms with E-state index < -0.39 is 41.1 Å². The van der Waals surface area contributed by atoms with E-state index in [-0.39, 0.29) is 50.1 Å². The smallest absolute Gasteiger partial charge is 0.312 e. The molecule has 3 aliphatic rings. The topological polar surface area (TPSA) is 127 Å². The van der Waals surface area contributed by atoms with Crippen LogP contribution < -0.4 is 0 Å². The van der Waals surface area contributed by atoms with Gasteiger partial charge >= 0.3 is 5.97 Å². The molecule has 0 saturated carbocycles. The Labute approximate surface area is 240 Å². The predicted molar refractivity (Wildman–Crippen MR) is 150 cm³/mol. The van der Waals surface area contributed by atoms with E-state index in [0.717, 1.165) is 5.52 Å². The molecule has 0 radical (unpaired) electrons. The lowest BCUT2D eigenvalue weighted by molar-refractivity contribution is -0.164. The molecule has 1 N–H and O–H groups in total. The summed E-state index contributed by atoms with van der Waals surface area (Å²) in [7, 11) is 0. The van der Waals surface area contributed by atoms with Crippen molar-refractivity contribution in [3.05, 3.63) is 36.9 Å². The number of para-hydroxylation sites is 1. The summed E-state index contributed by atoms with van der Waals surface area (Å²) in [5.41, 5.74) is -0.744. The van der Waals surface area contributed by atoms with Crippen LogP contribution in [-0.4, -0.2) is 90.7 Å². The molecule has 4 heterocycles. The summed E-state index contributed by atoms with van der Waals surface area (Å²) < 4.78 is 13.9. The molecule has 2 amide bonds. The minimum atomic E-state index is -1.24. The molecular formula is C30H41N5O6. The fourth-order valence-corrected chi connectivity index (χ4v) is 7.49.